The predicted octanol–water partition coefficient (Wildman–Crippen LogP) is 3.50. The normalized spacial score (nSPS) is 25.9. The van der Waals surface area contributed by atoms with E-state index < -0.39 is 0 Å². The Kier molecular flexibility index (Phi) is 5.43. The molecule has 3 atom stereocenters. The van der Waals surface area contributed by atoms with Crippen LogP contribution in [0.2, 0.25) is 0 Å². The van der Waals surface area contributed by atoms with Gasteiger partial charge in [0.1, 0.15) is 11.8 Å². The molecule has 0 heterocycles. The maximum absolute atomic E-state index is 8.47. The van der Waals surface area contributed by atoms with Crippen molar-refractivity contribution in [2.24, 2.45) is 11.8 Å². The molecule has 20 heavy (non-hydrogen) atoms. The summed E-state index contributed by atoms with van der Waals surface area (Å²) < 4.78 is 5.25. The Morgan fingerprint density at radius 3 is 2.60 bits per heavy atom. The van der Waals surface area contributed by atoms with Gasteiger partial charge >= 0.3 is 0 Å². The maximum Gasteiger partial charge on any atom is 0.174 e. The largest absolute Gasteiger partial charge is 0.479 e. The maximum atomic E-state index is 8.47. The van der Waals surface area contributed by atoms with Gasteiger partial charge in [0.2, 0.25) is 0 Å². The van der Waals surface area contributed by atoms with Crippen molar-refractivity contribution in [1.29, 1.82) is 5.26 Å². The average molecular weight is 272 g/mol. The van der Waals surface area contributed by atoms with Crippen molar-refractivity contribution >= 4 is 0 Å². The van der Waals surface area contributed by atoms with E-state index in [0.29, 0.717) is 6.04 Å². The third-order valence-electron chi connectivity index (χ3n) is 4.42. The SMILES string of the molecule is CC1CCC(NCc2ccc(OCC#N)cc2)CC1C. The Balaban J connectivity index is 1.78. The summed E-state index contributed by atoms with van der Waals surface area (Å²) in [4.78, 5) is 0. The summed E-state index contributed by atoms with van der Waals surface area (Å²) in [7, 11) is 0. The molecule has 1 aromatic carbocycles. The van der Waals surface area contributed by atoms with E-state index >= 15 is 0 Å². The van der Waals surface area contributed by atoms with Gasteiger partial charge in [0.15, 0.2) is 6.61 Å². The zero-order chi connectivity index (χ0) is 14.4. The lowest BCUT2D eigenvalue weighted by Crippen LogP contribution is -2.35. The molecule has 1 N–H and O–H groups in total. The lowest BCUT2D eigenvalue weighted by Gasteiger charge is -2.32. The van der Waals surface area contributed by atoms with Crippen LogP contribution < -0.4 is 10.1 Å². The molecule has 0 radical (unpaired) electrons. The van der Waals surface area contributed by atoms with Gasteiger partial charge in [-0.25, -0.2) is 0 Å². The molecule has 1 saturated carbocycles. The Hall–Kier alpha value is -1.53. The van der Waals surface area contributed by atoms with E-state index in [1.807, 2.05) is 18.2 Å². The Bertz CT molecular complexity index is 449. The van der Waals surface area contributed by atoms with E-state index in [2.05, 4.69) is 31.3 Å². The fourth-order valence-corrected chi connectivity index (χ4v) is 2.81. The van der Waals surface area contributed by atoms with Crippen molar-refractivity contribution in [3.63, 3.8) is 0 Å². The second kappa shape index (κ2) is 7.31. The summed E-state index contributed by atoms with van der Waals surface area (Å²) >= 11 is 0. The van der Waals surface area contributed by atoms with Gasteiger partial charge < -0.3 is 10.1 Å². The predicted molar refractivity (Wildman–Crippen MR) is 80.4 cm³/mol. The van der Waals surface area contributed by atoms with Gasteiger partial charge in [0.25, 0.3) is 0 Å². The van der Waals surface area contributed by atoms with Crippen LogP contribution in [-0.2, 0) is 6.54 Å². The molecule has 3 unspecified atom stereocenters. The molecule has 0 spiro atoms. The van der Waals surface area contributed by atoms with Gasteiger partial charge in [-0.05, 0) is 48.8 Å². The number of benzene rings is 1. The van der Waals surface area contributed by atoms with E-state index in [-0.39, 0.29) is 6.61 Å². The molecule has 1 aromatic rings. The lowest BCUT2D eigenvalue weighted by atomic mass is 9.79. The monoisotopic (exact) mass is 272 g/mol. The molecule has 108 valence electrons. The van der Waals surface area contributed by atoms with Crippen LogP contribution in [0.25, 0.3) is 0 Å². The van der Waals surface area contributed by atoms with Crippen LogP contribution in [0.4, 0.5) is 0 Å². The number of rotatable bonds is 5. The van der Waals surface area contributed by atoms with Crippen molar-refractivity contribution < 1.29 is 4.74 Å². The highest BCUT2D eigenvalue weighted by Crippen LogP contribution is 2.29. The van der Waals surface area contributed by atoms with E-state index in [1.165, 1.54) is 24.8 Å². The molecule has 3 nitrogen and oxygen atoms in total. The summed E-state index contributed by atoms with van der Waals surface area (Å²) in [5.74, 6) is 2.45. The zero-order valence-corrected chi connectivity index (χ0v) is 12.4. The van der Waals surface area contributed by atoms with Gasteiger partial charge in [0.05, 0.1) is 0 Å². The lowest BCUT2D eigenvalue weighted by molar-refractivity contribution is 0.225. The van der Waals surface area contributed by atoms with Crippen molar-refractivity contribution in [1.82, 2.24) is 5.32 Å². The minimum absolute atomic E-state index is 0.107. The van der Waals surface area contributed by atoms with Gasteiger partial charge in [-0.3, -0.25) is 0 Å². The number of nitriles is 1. The molecular weight excluding hydrogens is 248 g/mol. The molecule has 1 fully saturated rings. The van der Waals surface area contributed by atoms with Crippen molar-refractivity contribution in [2.75, 3.05) is 6.61 Å². The van der Waals surface area contributed by atoms with Crippen LogP contribution in [0.3, 0.4) is 0 Å². The van der Waals surface area contributed by atoms with Crippen LogP contribution in [-0.4, -0.2) is 12.6 Å². The van der Waals surface area contributed by atoms with Gasteiger partial charge in [-0.15, -0.1) is 0 Å². The van der Waals surface area contributed by atoms with E-state index in [9.17, 15) is 0 Å². The molecule has 1 aliphatic carbocycles. The second-order valence-corrected chi connectivity index (χ2v) is 5.94. The van der Waals surface area contributed by atoms with Crippen molar-refractivity contribution in [2.45, 2.75) is 45.7 Å². The molecule has 0 saturated heterocycles. The van der Waals surface area contributed by atoms with Gasteiger partial charge in [-0.2, -0.15) is 5.26 Å². The molecule has 2 rings (SSSR count). The number of nitrogens with zero attached hydrogens (tertiary/aromatic N) is 1. The summed E-state index contributed by atoms with van der Waals surface area (Å²) in [5, 5.41) is 12.1. The first-order chi connectivity index (χ1) is 9.69. The second-order valence-electron chi connectivity index (χ2n) is 5.94. The first kappa shape index (κ1) is 14.9. The Labute approximate surface area is 121 Å². The first-order valence-electron chi connectivity index (χ1n) is 7.51. The van der Waals surface area contributed by atoms with E-state index in [0.717, 1.165) is 24.1 Å². The molecular formula is C17H24N2O. The summed E-state index contributed by atoms with van der Waals surface area (Å²) in [5.41, 5.74) is 1.26. The van der Waals surface area contributed by atoms with Crippen LogP contribution in [0, 0.1) is 23.2 Å². The van der Waals surface area contributed by atoms with Crippen LogP contribution in [0.5, 0.6) is 5.75 Å². The quantitative estimate of drug-likeness (QED) is 0.892. The summed E-state index contributed by atoms with van der Waals surface area (Å²) in [6.07, 6.45) is 3.90. The molecule has 0 aliphatic heterocycles. The fraction of sp³-hybridized carbons (Fsp3) is 0.588. The number of nitrogens with one attached hydrogen (secondary N) is 1. The highest BCUT2D eigenvalue weighted by molar-refractivity contribution is 5.27. The fourth-order valence-electron chi connectivity index (χ4n) is 2.81. The van der Waals surface area contributed by atoms with Gasteiger partial charge in [0, 0.05) is 12.6 Å². The molecule has 0 amide bonds. The molecule has 1 aliphatic rings. The van der Waals surface area contributed by atoms with Gasteiger partial charge in [-0.1, -0.05) is 26.0 Å². The molecule has 3 heteroatoms. The highest BCUT2D eigenvalue weighted by atomic mass is 16.5. The van der Waals surface area contributed by atoms with Crippen LogP contribution in [0.15, 0.2) is 24.3 Å². The first-order valence-corrected chi connectivity index (χ1v) is 7.51. The smallest absolute Gasteiger partial charge is 0.174 e. The number of hydrogen-bond acceptors (Lipinski definition) is 3. The number of ether oxygens (including phenoxy) is 1. The van der Waals surface area contributed by atoms with Crippen LogP contribution in [0.1, 0.15) is 38.7 Å². The Morgan fingerprint density at radius 2 is 1.95 bits per heavy atom. The molecule has 0 aromatic heterocycles. The third-order valence-corrected chi connectivity index (χ3v) is 4.42. The zero-order valence-electron chi connectivity index (χ0n) is 12.4. The highest BCUT2D eigenvalue weighted by Gasteiger charge is 2.23. The van der Waals surface area contributed by atoms with E-state index in [4.69, 9.17) is 10.00 Å². The average Bonchev–Trinajstić information content (AvgIpc) is 2.47. The minimum atomic E-state index is 0.107. The standard InChI is InChI=1S/C17H24N2O/c1-13-3-6-16(11-14(13)2)19-12-15-4-7-17(8-5-15)20-10-9-18/h4-5,7-8,13-14,16,19H,3,6,10-12H2,1-2H3. The molecule has 0 bridgehead atoms. The minimum Gasteiger partial charge on any atom is -0.479 e. The Morgan fingerprint density at radius 1 is 1.20 bits per heavy atom. The van der Waals surface area contributed by atoms with Crippen molar-refractivity contribution in [3.05, 3.63) is 29.8 Å². The van der Waals surface area contributed by atoms with E-state index in [1.54, 1.807) is 0 Å². The number of hydrogen-bond donors (Lipinski definition) is 1. The summed E-state index contributed by atoms with van der Waals surface area (Å²) in [6.45, 7) is 5.74. The topological polar surface area (TPSA) is 45.0 Å². The third kappa shape index (κ3) is 4.25. The van der Waals surface area contributed by atoms with Crippen molar-refractivity contribution in [3.8, 4) is 11.8 Å². The summed E-state index contributed by atoms with van der Waals surface area (Å²) in [6, 6.07) is 10.6. The van der Waals surface area contributed by atoms with Crippen LogP contribution >= 0.6 is 0 Å².